The van der Waals surface area contributed by atoms with Crippen LogP contribution in [0, 0.1) is 0 Å². The first-order valence-electron chi connectivity index (χ1n) is 8.26. The Hall–Kier alpha value is -2.82. The van der Waals surface area contributed by atoms with Crippen LogP contribution in [-0.2, 0) is 6.61 Å². The van der Waals surface area contributed by atoms with Gasteiger partial charge in [0.1, 0.15) is 18.2 Å². The Bertz CT molecular complexity index is 1190. The summed E-state index contributed by atoms with van der Waals surface area (Å²) in [6.07, 6.45) is 0. The van der Waals surface area contributed by atoms with E-state index in [0.717, 1.165) is 5.56 Å². The fourth-order valence-corrected chi connectivity index (χ4v) is 3.20. The lowest BCUT2D eigenvalue weighted by Gasteiger charge is -2.12. The zero-order valence-corrected chi connectivity index (χ0v) is 15.6. The molecule has 4 nitrogen and oxygen atoms in total. The normalized spacial score (nSPS) is 10.9. The average Bonchev–Trinajstić information content (AvgIpc) is 2.67. The van der Waals surface area contributed by atoms with E-state index in [1.165, 1.54) is 0 Å². The van der Waals surface area contributed by atoms with E-state index < -0.39 is 0 Å². The van der Waals surface area contributed by atoms with E-state index in [4.69, 9.17) is 27.9 Å². The van der Waals surface area contributed by atoms with Crippen molar-refractivity contribution in [1.29, 1.82) is 0 Å². The Morgan fingerprint density at radius 2 is 1.74 bits per heavy atom. The molecule has 0 unspecified atom stereocenters. The minimum absolute atomic E-state index is 0.212. The van der Waals surface area contributed by atoms with Crippen molar-refractivity contribution in [2.45, 2.75) is 6.61 Å². The van der Waals surface area contributed by atoms with Crippen LogP contribution in [0.2, 0.25) is 10.0 Å². The number of hydrogen-bond donors (Lipinski definition) is 1. The summed E-state index contributed by atoms with van der Waals surface area (Å²) < 4.78 is 5.96. The number of hydrogen-bond acceptors (Lipinski definition) is 3. The molecule has 0 bridgehead atoms. The van der Waals surface area contributed by atoms with Gasteiger partial charge in [-0.3, -0.25) is 4.79 Å². The maximum absolute atomic E-state index is 12.4. The van der Waals surface area contributed by atoms with Gasteiger partial charge in [0.25, 0.3) is 5.56 Å². The molecule has 0 aliphatic carbocycles. The van der Waals surface area contributed by atoms with E-state index in [2.05, 4.69) is 9.97 Å². The predicted molar refractivity (Wildman–Crippen MR) is 109 cm³/mol. The fourth-order valence-electron chi connectivity index (χ4n) is 2.81. The second-order valence-corrected chi connectivity index (χ2v) is 6.86. The minimum atomic E-state index is -0.212. The fraction of sp³-hybridized carbons (Fsp3) is 0.0476. The standard InChI is InChI=1S/C21H14Cl2N2O2/c22-14-5-3-4-13(10-14)12-27-19-9-8-15(23)11-17(19)20-24-18-7-2-1-6-16(18)21(26)25-20/h1-11H,12H2,(H,24,25,26). The third-order valence-electron chi connectivity index (χ3n) is 4.09. The van der Waals surface area contributed by atoms with Gasteiger partial charge in [-0.05, 0) is 48.0 Å². The quantitative estimate of drug-likeness (QED) is 0.497. The summed E-state index contributed by atoms with van der Waals surface area (Å²) in [6.45, 7) is 0.326. The first kappa shape index (κ1) is 17.6. The summed E-state index contributed by atoms with van der Waals surface area (Å²) in [6, 6.07) is 19.8. The Morgan fingerprint density at radius 1 is 0.926 bits per heavy atom. The Balaban J connectivity index is 1.74. The molecule has 0 aliphatic heterocycles. The molecule has 4 aromatic rings. The zero-order valence-electron chi connectivity index (χ0n) is 14.1. The second-order valence-electron chi connectivity index (χ2n) is 5.99. The van der Waals surface area contributed by atoms with Gasteiger partial charge in [0, 0.05) is 10.0 Å². The maximum Gasteiger partial charge on any atom is 0.259 e. The number of nitrogens with zero attached hydrogens (tertiary/aromatic N) is 1. The van der Waals surface area contributed by atoms with Crippen LogP contribution < -0.4 is 10.3 Å². The van der Waals surface area contributed by atoms with Gasteiger partial charge in [0.2, 0.25) is 0 Å². The molecule has 1 N–H and O–H groups in total. The van der Waals surface area contributed by atoms with Gasteiger partial charge in [-0.1, -0.05) is 47.5 Å². The molecule has 134 valence electrons. The molecular formula is C21H14Cl2N2O2. The number of halogens is 2. The van der Waals surface area contributed by atoms with Crippen molar-refractivity contribution in [1.82, 2.24) is 9.97 Å². The van der Waals surface area contributed by atoms with Crippen LogP contribution in [0.25, 0.3) is 22.3 Å². The summed E-state index contributed by atoms with van der Waals surface area (Å²) in [7, 11) is 0. The van der Waals surface area contributed by atoms with Gasteiger partial charge in [0.05, 0.1) is 16.5 Å². The van der Waals surface area contributed by atoms with Crippen LogP contribution in [0.1, 0.15) is 5.56 Å². The number of aromatic amines is 1. The predicted octanol–water partition coefficient (Wildman–Crippen LogP) is 5.48. The maximum atomic E-state index is 12.4. The van der Waals surface area contributed by atoms with Crippen LogP contribution in [0.5, 0.6) is 5.75 Å². The summed E-state index contributed by atoms with van der Waals surface area (Å²) in [5, 5.41) is 1.70. The number of aromatic nitrogens is 2. The Labute approximate surface area is 165 Å². The zero-order chi connectivity index (χ0) is 18.8. The van der Waals surface area contributed by atoms with E-state index in [0.29, 0.717) is 44.7 Å². The number of nitrogens with one attached hydrogen (secondary N) is 1. The van der Waals surface area contributed by atoms with Crippen molar-refractivity contribution in [3.63, 3.8) is 0 Å². The smallest absolute Gasteiger partial charge is 0.259 e. The molecule has 0 aliphatic rings. The van der Waals surface area contributed by atoms with Gasteiger partial charge < -0.3 is 9.72 Å². The van der Waals surface area contributed by atoms with Crippen molar-refractivity contribution >= 4 is 34.1 Å². The number of H-pyrrole nitrogens is 1. The van der Waals surface area contributed by atoms with Crippen molar-refractivity contribution in [3.05, 3.63) is 92.7 Å². The van der Waals surface area contributed by atoms with Gasteiger partial charge in [0.15, 0.2) is 0 Å². The SMILES string of the molecule is O=c1[nH]c(-c2cc(Cl)ccc2OCc2cccc(Cl)c2)nc2ccccc12. The van der Waals surface area contributed by atoms with Crippen LogP contribution in [0.4, 0.5) is 0 Å². The van der Waals surface area contributed by atoms with Crippen molar-refractivity contribution in [3.8, 4) is 17.1 Å². The third kappa shape index (κ3) is 3.82. The molecule has 0 spiro atoms. The summed E-state index contributed by atoms with van der Waals surface area (Å²) in [5.74, 6) is 0.972. The molecule has 0 radical (unpaired) electrons. The molecule has 27 heavy (non-hydrogen) atoms. The summed E-state index contributed by atoms with van der Waals surface area (Å²) in [4.78, 5) is 19.8. The van der Waals surface area contributed by atoms with Crippen LogP contribution in [0.15, 0.2) is 71.5 Å². The number of ether oxygens (including phenoxy) is 1. The summed E-state index contributed by atoms with van der Waals surface area (Å²) >= 11 is 12.2. The van der Waals surface area contributed by atoms with Gasteiger partial charge >= 0.3 is 0 Å². The highest BCUT2D eigenvalue weighted by Gasteiger charge is 2.12. The van der Waals surface area contributed by atoms with Crippen molar-refractivity contribution in [2.75, 3.05) is 0 Å². The van der Waals surface area contributed by atoms with Crippen LogP contribution in [0.3, 0.4) is 0 Å². The molecular weight excluding hydrogens is 383 g/mol. The van der Waals surface area contributed by atoms with Gasteiger partial charge in [-0.15, -0.1) is 0 Å². The lowest BCUT2D eigenvalue weighted by Crippen LogP contribution is -2.10. The number of fused-ring (bicyclic) bond motifs is 1. The van der Waals surface area contributed by atoms with Crippen molar-refractivity contribution in [2.24, 2.45) is 0 Å². The largest absolute Gasteiger partial charge is 0.488 e. The lowest BCUT2D eigenvalue weighted by molar-refractivity contribution is 0.307. The van der Waals surface area contributed by atoms with Crippen LogP contribution >= 0.6 is 23.2 Å². The highest BCUT2D eigenvalue weighted by atomic mass is 35.5. The van der Waals surface area contributed by atoms with Crippen molar-refractivity contribution < 1.29 is 4.74 Å². The molecule has 0 atom stereocenters. The monoisotopic (exact) mass is 396 g/mol. The topological polar surface area (TPSA) is 55.0 Å². The average molecular weight is 397 g/mol. The van der Waals surface area contributed by atoms with E-state index in [-0.39, 0.29) is 5.56 Å². The highest BCUT2D eigenvalue weighted by molar-refractivity contribution is 6.31. The van der Waals surface area contributed by atoms with E-state index in [1.54, 1.807) is 36.4 Å². The van der Waals surface area contributed by atoms with Crippen LogP contribution in [-0.4, -0.2) is 9.97 Å². The van der Waals surface area contributed by atoms with Gasteiger partial charge in [-0.2, -0.15) is 0 Å². The molecule has 1 heterocycles. The number of rotatable bonds is 4. The first-order chi connectivity index (χ1) is 13.1. The van der Waals surface area contributed by atoms with E-state index in [9.17, 15) is 4.79 Å². The molecule has 4 rings (SSSR count). The molecule has 6 heteroatoms. The molecule has 0 amide bonds. The molecule has 0 fully saturated rings. The molecule has 0 saturated heterocycles. The third-order valence-corrected chi connectivity index (χ3v) is 4.56. The number of para-hydroxylation sites is 1. The minimum Gasteiger partial charge on any atom is -0.488 e. The molecule has 1 aromatic heterocycles. The first-order valence-corrected chi connectivity index (χ1v) is 9.02. The Kier molecular flexibility index (Phi) is 4.84. The van der Waals surface area contributed by atoms with E-state index in [1.807, 2.05) is 30.3 Å². The van der Waals surface area contributed by atoms with E-state index >= 15 is 0 Å². The van der Waals surface area contributed by atoms with Gasteiger partial charge in [-0.25, -0.2) is 4.98 Å². The second kappa shape index (κ2) is 7.43. The molecule has 0 saturated carbocycles. The Morgan fingerprint density at radius 3 is 2.59 bits per heavy atom. The molecule has 3 aromatic carbocycles. The highest BCUT2D eigenvalue weighted by Crippen LogP contribution is 2.31. The lowest BCUT2D eigenvalue weighted by atomic mass is 10.1. The number of benzene rings is 3. The summed E-state index contributed by atoms with van der Waals surface area (Å²) in [5.41, 5.74) is 1.95.